The van der Waals surface area contributed by atoms with Crippen LogP contribution in [0.5, 0.6) is 5.75 Å². The molecule has 1 aromatic carbocycles. The van der Waals surface area contributed by atoms with E-state index in [0.29, 0.717) is 11.7 Å². The highest BCUT2D eigenvalue weighted by molar-refractivity contribution is 5.81. The summed E-state index contributed by atoms with van der Waals surface area (Å²) in [4.78, 5) is 11.2. The van der Waals surface area contributed by atoms with E-state index in [4.69, 9.17) is 4.74 Å². The number of unbranched alkanes of at least 4 members (excludes halogenated alkanes) is 1. The summed E-state index contributed by atoms with van der Waals surface area (Å²) in [7, 11) is 0. The first-order chi connectivity index (χ1) is 8.29. The lowest BCUT2D eigenvalue weighted by Gasteiger charge is -2.10. The zero-order valence-electron chi connectivity index (χ0n) is 10.4. The Labute approximate surface area is 103 Å². The molecule has 0 heterocycles. The fourth-order valence-corrected chi connectivity index (χ4v) is 2.27. The predicted octanol–water partition coefficient (Wildman–Crippen LogP) is 3.70. The quantitative estimate of drug-likeness (QED) is 0.723. The van der Waals surface area contributed by atoms with Gasteiger partial charge in [-0.3, -0.25) is 4.79 Å². The Balaban J connectivity index is 1.91. The topological polar surface area (TPSA) is 26.3 Å². The van der Waals surface area contributed by atoms with E-state index in [9.17, 15) is 4.79 Å². The van der Waals surface area contributed by atoms with Crippen LogP contribution in [0.25, 0.3) is 0 Å². The largest absolute Gasteiger partial charge is 0.494 e. The van der Waals surface area contributed by atoms with Gasteiger partial charge in [-0.15, -0.1) is 0 Å². The van der Waals surface area contributed by atoms with Crippen molar-refractivity contribution in [2.75, 3.05) is 6.61 Å². The average Bonchev–Trinajstić information content (AvgIpc) is 2.77. The number of carbonyl (C=O) groups is 1. The molecule has 0 unspecified atom stereocenters. The van der Waals surface area contributed by atoms with Gasteiger partial charge in [0, 0.05) is 12.8 Å². The average molecular weight is 232 g/mol. The molecule has 2 nitrogen and oxygen atoms in total. The summed E-state index contributed by atoms with van der Waals surface area (Å²) in [5.74, 6) is 1.77. The summed E-state index contributed by atoms with van der Waals surface area (Å²) >= 11 is 0. The van der Waals surface area contributed by atoms with Gasteiger partial charge in [0.05, 0.1) is 6.61 Å². The molecule has 1 fully saturated rings. The lowest BCUT2D eigenvalue weighted by molar-refractivity contribution is -0.117. The summed E-state index contributed by atoms with van der Waals surface area (Å²) in [5.41, 5.74) is 1.28. The molecule has 1 aliphatic carbocycles. The number of hydrogen-bond acceptors (Lipinski definition) is 2. The molecule has 0 N–H and O–H groups in total. The zero-order valence-corrected chi connectivity index (χ0v) is 10.4. The maximum Gasteiger partial charge on any atom is 0.133 e. The summed E-state index contributed by atoms with van der Waals surface area (Å²) in [6.45, 7) is 2.95. The molecule has 0 aliphatic heterocycles. The van der Waals surface area contributed by atoms with Crippen LogP contribution < -0.4 is 4.74 Å². The van der Waals surface area contributed by atoms with Crippen molar-refractivity contribution in [2.45, 2.75) is 44.9 Å². The van der Waals surface area contributed by atoms with Crippen LogP contribution in [0, 0.1) is 0 Å². The van der Waals surface area contributed by atoms with Gasteiger partial charge in [-0.1, -0.05) is 25.5 Å². The molecule has 0 radical (unpaired) electrons. The van der Waals surface area contributed by atoms with Crippen LogP contribution in [0.1, 0.15) is 50.5 Å². The first-order valence-corrected chi connectivity index (χ1v) is 6.54. The number of Topliss-reactive ketones (excluding diaryl/α,β-unsaturated/α-hetero) is 1. The molecule has 92 valence electrons. The Morgan fingerprint density at radius 1 is 1.29 bits per heavy atom. The van der Waals surface area contributed by atoms with Crippen molar-refractivity contribution in [3.05, 3.63) is 29.8 Å². The highest BCUT2D eigenvalue weighted by atomic mass is 16.5. The van der Waals surface area contributed by atoms with Crippen LogP contribution in [0.15, 0.2) is 24.3 Å². The predicted molar refractivity (Wildman–Crippen MR) is 68.4 cm³/mol. The van der Waals surface area contributed by atoms with E-state index < -0.39 is 0 Å². The third-order valence-electron chi connectivity index (χ3n) is 3.36. The van der Waals surface area contributed by atoms with E-state index in [-0.39, 0.29) is 0 Å². The van der Waals surface area contributed by atoms with Crippen molar-refractivity contribution < 1.29 is 9.53 Å². The second-order valence-corrected chi connectivity index (χ2v) is 4.75. The van der Waals surface area contributed by atoms with Crippen LogP contribution >= 0.6 is 0 Å². The molecule has 1 saturated carbocycles. The lowest BCUT2D eigenvalue weighted by atomic mass is 9.98. The molecule has 1 atom stereocenters. The molecule has 17 heavy (non-hydrogen) atoms. The lowest BCUT2D eigenvalue weighted by Crippen LogP contribution is -1.98. The molecule has 0 spiro atoms. The fraction of sp³-hybridized carbons (Fsp3) is 0.533. The number of benzene rings is 1. The smallest absolute Gasteiger partial charge is 0.133 e. The third kappa shape index (κ3) is 3.32. The van der Waals surface area contributed by atoms with E-state index in [1.165, 1.54) is 5.56 Å². The van der Waals surface area contributed by atoms with Crippen LogP contribution in [0.3, 0.4) is 0 Å². The van der Waals surface area contributed by atoms with E-state index in [0.717, 1.165) is 44.5 Å². The molecule has 2 heteroatoms. The van der Waals surface area contributed by atoms with Crippen LogP contribution in [0.4, 0.5) is 0 Å². The Morgan fingerprint density at radius 2 is 2.06 bits per heavy atom. The van der Waals surface area contributed by atoms with Crippen molar-refractivity contribution in [1.82, 2.24) is 0 Å². The van der Waals surface area contributed by atoms with Gasteiger partial charge < -0.3 is 4.74 Å². The van der Waals surface area contributed by atoms with E-state index in [1.807, 2.05) is 12.1 Å². The fourth-order valence-electron chi connectivity index (χ4n) is 2.27. The van der Waals surface area contributed by atoms with Crippen molar-refractivity contribution in [2.24, 2.45) is 0 Å². The second kappa shape index (κ2) is 5.85. The molecule has 0 bridgehead atoms. The maximum atomic E-state index is 11.2. The molecule has 0 amide bonds. The van der Waals surface area contributed by atoms with Crippen molar-refractivity contribution in [1.29, 1.82) is 0 Å². The van der Waals surface area contributed by atoms with Gasteiger partial charge in [0.1, 0.15) is 11.5 Å². The van der Waals surface area contributed by atoms with Gasteiger partial charge in [0.15, 0.2) is 0 Å². The minimum absolute atomic E-state index is 0.401. The third-order valence-corrected chi connectivity index (χ3v) is 3.36. The first kappa shape index (κ1) is 12.2. The normalized spacial score (nSPS) is 19.6. The molecule has 2 rings (SSSR count). The first-order valence-electron chi connectivity index (χ1n) is 6.54. The highest BCUT2D eigenvalue weighted by Crippen LogP contribution is 2.32. The van der Waals surface area contributed by atoms with Gasteiger partial charge in [0.2, 0.25) is 0 Å². The van der Waals surface area contributed by atoms with Crippen LogP contribution in [-0.4, -0.2) is 12.4 Å². The van der Waals surface area contributed by atoms with E-state index in [2.05, 4.69) is 19.1 Å². The van der Waals surface area contributed by atoms with Gasteiger partial charge in [-0.25, -0.2) is 0 Å². The number of ether oxygens (including phenoxy) is 1. The standard InChI is InChI=1S/C15H20O2/c1-2-3-10-17-15-8-5-12(6-9-15)13-4-7-14(16)11-13/h5-6,8-9,13H,2-4,7,10-11H2,1H3/t13-/m0/s1. The van der Waals surface area contributed by atoms with Crippen LogP contribution in [-0.2, 0) is 4.79 Å². The Kier molecular flexibility index (Phi) is 4.18. The number of ketones is 1. The maximum absolute atomic E-state index is 11.2. The Morgan fingerprint density at radius 3 is 2.65 bits per heavy atom. The monoisotopic (exact) mass is 232 g/mol. The highest BCUT2D eigenvalue weighted by Gasteiger charge is 2.23. The Bertz CT molecular complexity index is 367. The molecular weight excluding hydrogens is 212 g/mol. The molecule has 0 saturated heterocycles. The van der Waals surface area contributed by atoms with Crippen molar-refractivity contribution in [3.63, 3.8) is 0 Å². The van der Waals surface area contributed by atoms with Crippen LogP contribution in [0.2, 0.25) is 0 Å². The number of carbonyl (C=O) groups excluding carboxylic acids is 1. The Hall–Kier alpha value is -1.31. The van der Waals surface area contributed by atoms with Gasteiger partial charge in [-0.05, 0) is 36.5 Å². The molecule has 1 aliphatic rings. The molecular formula is C15H20O2. The van der Waals surface area contributed by atoms with Gasteiger partial charge in [0.25, 0.3) is 0 Å². The molecule has 0 aromatic heterocycles. The van der Waals surface area contributed by atoms with Crippen molar-refractivity contribution >= 4 is 5.78 Å². The van der Waals surface area contributed by atoms with Gasteiger partial charge >= 0.3 is 0 Å². The minimum atomic E-state index is 0.401. The van der Waals surface area contributed by atoms with Gasteiger partial charge in [-0.2, -0.15) is 0 Å². The number of rotatable bonds is 5. The minimum Gasteiger partial charge on any atom is -0.494 e. The summed E-state index contributed by atoms with van der Waals surface area (Å²) in [5, 5.41) is 0. The summed E-state index contributed by atoms with van der Waals surface area (Å²) in [6.07, 6.45) is 4.73. The van der Waals surface area contributed by atoms with E-state index in [1.54, 1.807) is 0 Å². The zero-order chi connectivity index (χ0) is 12.1. The summed E-state index contributed by atoms with van der Waals surface area (Å²) in [6, 6.07) is 8.25. The SMILES string of the molecule is CCCCOc1ccc([C@H]2CCC(=O)C2)cc1. The second-order valence-electron chi connectivity index (χ2n) is 4.75. The number of hydrogen-bond donors (Lipinski definition) is 0. The summed E-state index contributed by atoms with van der Waals surface area (Å²) < 4.78 is 5.62. The van der Waals surface area contributed by atoms with Crippen molar-refractivity contribution in [3.8, 4) is 5.75 Å². The molecule has 1 aromatic rings. The van der Waals surface area contributed by atoms with E-state index >= 15 is 0 Å².